The van der Waals surface area contributed by atoms with Crippen LogP contribution in [0.1, 0.15) is 0 Å². The molecule has 0 amide bonds. The molecule has 1 rings (SSSR count). The highest BCUT2D eigenvalue weighted by Crippen LogP contribution is 2.13. The van der Waals surface area contributed by atoms with Gasteiger partial charge in [-0.25, -0.2) is 0 Å². The number of hydrogen-bond donors (Lipinski definition) is 1. The molecule has 0 aliphatic carbocycles. The topological polar surface area (TPSA) is 21.3 Å². The summed E-state index contributed by atoms with van der Waals surface area (Å²) in [6.07, 6.45) is 3.79. The van der Waals surface area contributed by atoms with Crippen molar-refractivity contribution in [1.29, 1.82) is 0 Å². The van der Waals surface area contributed by atoms with Gasteiger partial charge in [-0.1, -0.05) is 15.9 Å². The Morgan fingerprint density at radius 2 is 2.08 bits per heavy atom. The molecule has 13 heavy (non-hydrogen) atoms. The van der Waals surface area contributed by atoms with E-state index in [1.54, 1.807) is 7.11 Å². The van der Waals surface area contributed by atoms with Crippen molar-refractivity contribution in [3.8, 4) is 0 Å². The fraction of sp³-hybridized carbons (Fsp3) is 0.200. The number of ether oxygens (including phenoxy) is 1. The summed E-state index contributed by atoms with van der Waals surface area (Å²) in [5.74, 6) is 0. The van der Waals surface area contributed by atoms with Gasteiger partial charge in [0.25, 0.3) is 0 Å². The molecule has 3 heteroatoms. The van der Waals surface area contributed by atoms with Gasteiger partial charge >= 0.3 is 0 Å². The van der Waals surface area contributed by atoms with Crippen LogP contribution in [0.5, 0.6) is 0 Å². The summed E-state index contributed by atoms with van der Waals surface area (Å²) in [5, 5.41) is 3.13. The van der Waals surface area contributed by atoms with E-state index in [2.05, 4.69) is 21.2 Å². The van der Waals surface area contributed by atoms with Crippen molar-refractivity contribution < 1.29 is 4.74 Å². The molecule has 70 valence electrons. The first kappa shape index (κ1) is 10.3. The molecule has 2 nitrogen and oxygen atoms in total. The Bertz CT molecular complexity index is 269. The SMILES string of the molecule is COC/C=C/Nc1ccc(Br)cc1. The lowest BCUT2D eigenvalue weighted by Crippen LogP contribution is -1.88. The van der Waals surface area contributed by atoms with Crippen LogP contribution in [0.3, 0.4) is 0 Å². The molecular formula is C10H12BrNO. The van der Waals surface area contributed by atoms with Gasteiger partial charge in [-0.3, -0.25) is 0 Å². The lowest BCUT2D eigenvalue weighted by atomic mass is 10.3. The molecule has 0 heterocycles. The Kier molecular flexibility index (Phi) is 4.57. The maximum absolute atomic E-state index is 4.86. The van der Waals surface area contributed by atoms with Crippen molar-refractivity contribution >= 4 is 21.6 Å². The fourth-order valence-electron chi connectivity index (χ4n) is 0.846. The van der Waals surface area contributed by atoms with Gasteiger partial charge in [-0.15, -0.1) is 0 Å². The second-order valence-corrected chi connectivity index (χ2v) is 3.42. The molecule has 0 bridgehead atoms. The van der Waals surface area contributed by atoms with E-state index in [0.717, 1.165) is 10.2 Å². The molecule has 0 saturated heterocycles. The van der Waals surface area contributed by atoms with Crippen molar-refractivity contribution in [1.82, 2.24) is 0 Å². The van der Waals surface area contributed by atoms with Crippen LogP contribution in [0.15, 0.2) is 41.0 Å². The molecular weight excluding hydrogens is 230 g/mol. The van der Waals surface area contributed by atoms with E-state index >= 15 is 0 Å². The fourth-order valence-corrected chi connectivity index (χ4v) is 1.11. The van der Waals surface area contributed by atoms with Gasteiger partial charge in [-0.05, 0) is 36.5 Å². The average molecular weight is 242 g/mol. The van der Waals surface area contributed by atoms with Gasteiger partial charge in [0.15, 0.2) is 0 Å². The van der Waals surface area contributed by atoms with E-state index < -0.39 is 0 Å². The van der Waals surface area contributed by atoms with Crippen molar-refractivity contribution in [2.24, 2.45) is 0 Å². The molecule has 0 radical (unpaired) electrons. The number of benzene rings is 1. The highest BCUT2D eigenvalue weighted by atomic mass is 79.9. The Morgan fingerprint density at radius 3 is 2.69 bits per heavy atom. The van der Waals surface area contributed by atoms with E-state index in [1.165, 1.54) is 0 Å². The van der Waals surface area contributed by atoms with Gasteiger partial charge < -0.3 is 10.1 Å². The molecule has 0 saturated carbocycles. The molecule has 0 atom stereocenters. The third kappa shape index (κ3) is 4.10. The maximum Gasteiger partial charge on any atom is 0.0660 e. The molecule has 0 aliphatic heterocycles. The maximum atomic E-state index is 4.86. The third-order valence-electron chi connectivity index (χ3n) is 1.47. The summed E-state index contributed by atoms with van der Waals surface area (Å²) < 4.78 is 5.95. The number of methoxy groups -OCH3 is 1. The highest BCUT2D eigenvalue weighted by Gasteiger charge is 1.87. The molecule has 1 N–H and O–H groups in total. The van der Waals surface area contributed by atoms with Crippen molar-refractivity contribution in [3.05, 3.63) is 41.0 Å². The van der Waals surface area contributed by atoms with Crippen molar-refractivity contribution in [3.63, 3.8) is 0 Å². The van der Waals surface area contributed by atoms with Gasteiger partial charge in [0, 0.05) is 17.3 Å². The van der Waals surface area contributed by atoms with Gasteiger partial charge in [0.05, 0.1) is 6.61 Å². The summed E-state index contributed by atoms with van der Waals surface area (Å²) in [6, 6.07) is 7.99. The van der Waals surface area contributed by atoms with Crippen LogP contribution in [0, 0.1) is 0 Å². The van der Waals surface area contributed by atoms with Crippen LogP contribution < -0.4 is 5.32 Å². The monoisotopic (exact) mass is 241 g/mol. The first-order chi connectivity index (χ1) is 6.33. The largest absolute Gasteiger partial charge is 0.381 e. The van der Waals surface area contributed by atoms with Gasteiger partial charge in [0.1, 0.15) is 0 Å². The van der Waals surface area contributed by atoms with Crippen LogP contribution in [0.25, 0.3) is 0 Å². The van der Waals surface area contributed by atoms with Crippen LogP contribution in [0.2, 0.25) is 0 Å². The Morgan fingerprint density at radius 1 is 1.38 bits per heavy atom. The molecule has 0 spiro atoms. The predicted molar refractivity (Wildman–Crippen MR) is 58.8 cm³/mol. The van der Waals surface area contributed by atoms with E-state index in [0.29, 0.717) is 6.61 Å². The minimum absolute atomic E-state index is 0.629. The van der Waals surface area contributed by atoms with Crippen LogP contribution in [-0.4, -0.2) is 13.7 Å². The highest BCUT2D eigenvalue weighted by molar-refractivity contribution is 9.10. The Labute approximate surface area is 86.7 Å². The van der Waals surface area contributed by atoms with E-state index in [-0.39, 0.29) is 0 Å². The van der Waals surface area contributed by atoms with Gasteiger partial charge in [0.2, 0.25) is 0 Å². The zero-order valence-electron chi connectivity index (χ0n) is 7.46. The van der Waals surface area contributed by atoms with E-state index in [9.17, 15) is 0 Å². The number of halogens is 1. The summed E-state index contributed by atoms with van der Waals surface area (Å²) >= 11 is 3.37. The number of rotatable bonds is 4. The number of anilines is 1. The second-order valence-electron chi connectivity index (χ2n) is 2.51. The lowest BCUT2D eigenvalue weighted by Gasteiger charge is -1.99. The smallest absolute Gasteiger partial charge is 0.0660 e. The van der Waals surface area contributed by atoms with Crippen LogP contribution in [-0.2, 0) is 4.74 Å². The third-order valence-corrected chi connectivity index (χ3v) is 2.00. The van der Waals surface area contributed by atoms with E-state index in [4.69, 9.17) is 4.74 Å². The molecule has 0 aliphatic rings. The second kappa shape index (κ2) is 5.78. The summed E-state index contributed by atoms with van der Waals surface area (Å²) in [6.45, 7) is 0.629. The van der Waals surface area contributed by atoms with Gasteiger partial charge in [-0.2, -0.15) is 0 Å². The molecule has 1 aromatic rings. The Hall–Kier alpha value is -0.800. The van der Waals surface area contributed by atoms with Crippen LogP contribution in [0.4, 0.5) is 5.69 Å². The number of hydrogen-bond acceptors (Lipinski definition) is 2. The average Bonchev–Trinajstić information content (AvgIpc) is 2.15. The zero-order valence-corrected chi connectivity index (χ0v) is 9.04. The molecule has 0 unspecified atom stereocenters. The zero-order chi connectivity index (χ0) is 9.52. The first-order valence-corrected chi connectivity index (χ1v) is 4.78. The standard InChI is InChI=1S/C10H12BrNO/c1-13-8-2-7-12-10-5-3-9(11)4-6-10/h2-7,12H,8H2,1H3/b7-2+. The first-order valence-electron chi connectivity index (χ1n) is 3.99. The molecule has 0 fully saturated rings. The summed E-state index contributed by atoms with van der Waals surface area (Å²) in [4.78, 5) is 0. The normalized spacial score (nSPS) is 10.6. The Balaban J connectivity index is 2.41. The summed E-state index contributed by atoms with van der Waals surface area (Å²) in [7, 11) is 1.67. The predicted octanol–water partition coefficient (Wildman–Crippen LogP) is 3.02. The lowest BCUT2D eigenvalue weighted by molar-refractivity contribution is 0.234. The number of nitrogens with one attached hydrogen (secondary N) is 1. The van der Waals surface area contributed by atoms with Crippen molar-refractivity contribution in [2.75, 3.05) is 19.0 Å². The quantitative estimate of drug-likeness (QED) is 0.876. The minimum atomic E-state index is 0.629. The van der Waals surface area contributed by atoms with Crippen molar-refractivity contribution in [2.45, 2.75) is 0 Å². The van der Waals surface area contributed by atoms with E-state index in [1.807, 2.05) is 36.5 Å². The molecule has 1 aromatic carbocycles. The minimum Gasteiger partial charge on any atom is -0.381 e. The summed E-state index contributed by atoms with van der Waals surface area (Å²) in [5.41, 5.74) is 1.07. The molecule has 0 aromatic heterocycles. The van der Waals surface area contributed by atoms with Crippen LogP contribution >= 0.6 is 15.9 Å².